The minimum Gasteiger partial charge on any atom is -0.504 e. The van der Waals surface area contributed by atoms with Crippen LogP contribution in [-0.4, -0.2) is 22.0 Å². The van der Waals surface area contributed by atoms with Gasteiger partial charge in [0.15, 0.2) is 11.5 Å². The number of benzene rings is 1. The van der Waals surface area contributed by atoms with Crippen molar-refractivity contribution in [2.24, 2.45) is 7.05 Å². The Morgan fingerprint density at radius 1 is 1.28 bits per heavy atom. The second kappa shape index (κ2) is 4.25. The summed E-state index contributed by atoms with van der Waals surface area (Å²) in [6.07, 6.45) is 0. The zero-order chi connectivity index (χ0) is 13.4. The summed E-state index contributed by atoms with van der Waals surface area (Å²) < 4.78 is 6.78. The van der Waals surface area contributed by atoms with E-state index in [0.29, 0.717) is 11.6 Å². The summed E-state index contributed by atoms with van der Waals surface area (Å²) in [6, 6.07) is 3.44. The molecule has 0 fully saturated rings. The molecule has 96 valence electrons. The molecule has 0 aliphatic heterocycles. The van der Waals surface area contributed by atoms with Crippen molar-refractivity contribution in [2.75, 3.05) is 12.8 Å². The van der Waals surface area contributed by atoms with Crippen LogP contribution in [0, 0.1) is 13.8 Å². The molecule has 0 radical (unpaired) electrons. The highest BCUT2D eigenvalue weighted by Gasteiger charge is 2.16. The van der Waals surface area contributed by atoms with Gasteiger partial charge >= 0.3 is 0 Å². The molecule has 2 aromatic rings. The molecule has 0 atom stereocenters. The molecule has 0 aliphatic rings. The van der Waals surface area contributed by atoms with Crippen LogP contribution < -0.4 is 10.5 Å². The van der Waals surface area contributed by atoms with E-state index in [0.717, 1.165) is 22.4 Å². The van der Waals surface area contributed by atoms with Crippen LogP contribution in [0.4, 0.5) is 5.82 Å². The fourth-order valence-corrected chi connectivity index (χ4v) is 2.01. The van der Waals surface area contributed by atoms with E-state index < -0.39 is 0 Å². The second-order valence-corrected chi connectivity index (χ2v) is 4.30. The van der Waals surface area contributed by atoms with Gasteiger partial charge in [-0.05, 0) is 31.0 Å². The van der Waals surface area contributed by atoms with Gasteiger partial charge in [0.05, 0.1) is 12.8 Å². The maximum absolute atomic E-state index is 9.94. The molecule has 2 rings (SSSR count). The molecule has 0 amide bonds. The third-order valence-corrected chi connectivity index (χ3v) is 3.22. The molecule has 1 aromatic carbocycles. The fraction of sp³-hybridized carbons (Fsp3) is 0.308. The summed E-state index contributed by atoms with van der Waals surface area (Å²) in [5, 5.41) is 14.3. The molecule has 1 aromatic heterocycles. The number of nitrogens with two attached hydrogens (primary N) is 1. The third kappa shape index (κ3) is 1.77. The standard InChI is InChI=1S/C13H17N3O2/c1-7-8(2)13(18-4)11(17)5-9(7)10-6-12(14)16(3)15-10/h5-6,17H,14H2,1-4H3. The van der Waals surface area contributed by atoms with Crippen molar-refractivity contribution in [2.45, 2.75) is 13.8 Å². The number of phenols is 1. The molecule has 0 unspecified atom stereocenters. The number of hydrogen-bond donors (Lipinski definition) is 2. The molecule has 3 N–H and O–H groups in total. The molecule has 0 bridgehead atoms. The molecule has 5 nitrogen and oxygen atoms in total. The SMILES string of the molecule is COc1c(O)cc(-c2cc(N)n(C)n2)c(C)c1C. The van der Waals surface area contributed by atoms with Gasteiger partial charge in [-0.1, -0.05) is 0 Å². The number of phenolic OH excluding ortho intramolecular Hbond substituents is 1. The molecular formula is C13H17N3O2. The summed E-state index contributed by atoms with van der Waals surface area (Å²) in [7, 11) is 3.32. The number of nitrogen functional groups attached to an aromatic ring is 1. The predicted octanol–water partition coefficient (Wildman–Crippen LogP) is 2.00. The maximum atomic E-state index is 9.94. The minimum atomic E-state index is 0.111. The highest BCUT2D eigenvalue weighted by molar-refractivity contribution is 5.72. The largest absolute Gasteiger partial charge is 0.504 e. The zero-order valence-corrected chi connectivity index (χ0v) is 11.0. The summed E-state index contributed by atoms with van der Waals surface area (Å²) in [5.41, 5.74) is 9.29. The average Bonchev–Trinajstić information content (AvgIpc) is 2.65. The Morgan fingerprint density at radius 2 is 1.94 bits per heavy atom. The van der Waals surface area contributed by atoms with E-state index in [-0.39, 0.29) is 5.75 Å². The van der Waals surface area contributed by atoms with Crippen LogP contribution >= 0.6 is 0 Å². The van der Waals surface area contributed by atoms with Crippen molar-refractivity contribution >= 4 is 5.82 Å². The van der Waals surface area contributed by atoms with E-state index in [1.807, 2.05) is 13.8 Å². The van der Waals surface area contributed by atoms with Crippen molar-refractivity contribution in [1.29, 1.82) is 0 Å². The van der Waals surface area contributed by atoms with Gasteiger partial charge in [0.25, 0.3) is 0 Å². The highest BCUT2D eigenvalue weighted by Crippen LogP contribution is 2.38. The van der Waals surface area contributed by atoms with Gasteiger partial charge in [0.2, 0.25) is 0 Å². The van der Waals surface area contributed by atoms with Crippen LogP contribution in [-0.2, 0) is 7.05 Å². The third-order valence-electron chi connectivity index (χ3n) is 3.22. The first-order valence-electron chi connectivity index (χ1n) is 5.62. The lowest BCUT2D eigenvalue weighted by Crippen LogP contribution is -1.97. The number of aryl methyl sites for hydroxylation is 1. The molecule has 5 heteroatoms. The number of aromatic nitrogens is 2. The van der Waals surface area contributed by atoms with Gasteiger partial charge < -0.3 is 15.6 Å². The number of methoxy groups -OCH3 is 1. The Balaban J connectivity index is 2.66. The number of aromatic hydroxyl groups is 1. The Hall–Kier alpha value is -2.17. The molecule has 0 spiro atoms. The highest BCUT2D eigenvalue weighted by atomic mass is 16.5. The van der Waals surface area contributed by atoms with Crippen LogP contribution in [0.1, 0.15) is 11.1 Å². The fourth-order valence-electron chi connectivity index (χ4n) is 2.01. The lowest BCUT2D eigenvalue weighted by Gasteiger charge is -2.13. The first kappa shape index (κ1) is 12.3. The van der Waals surface area contributed by atoms with Crippen LogP contribution in [0.15, 0.2) is 12.1 Å². The van der Waals surface area contributed by atoms with Crippen molar-refractivity contribution in [1.82, 2.24) is 9.78 Å². The molecule has 18 heavy (non-hydrogen) atoms. The molecule has 0 saturated carbocycles. The van der Waals surface area contributed by atoms with E-state index in [1.165, 1.54) is 0 Å². The van der Waals surface area contributed by atoms with Crippen molar-refractivity contribution in [3.05, 3.63) is 23.3 Å². The lowest BCUT2D eigenvalue weighted by atomic mass is 9.99. The van der Waals surface area contributed by atoms with E-state index in [4.69, 9.17) is 10.5 Å². The number of anilines is 1. The Labute approximate surface area is 106 Å². The van der Waals surface area contributed by atoms with E-state index >= 15 is 0 Å². The summed E-state index contributed by atoms with van der Waals surface area (Å²) >= 11 is 0. The number of hydrogen-bond acceptors (Lipinski definition) is 4. The summed E-state index contributed by atoms with van der Waals surface area (Å²) in [5.74, 6) is 1.19. The minimum absolute atomic E-state index is 0.111. The number of ether oxygens (including phenoxy) is 1. The summed E-state index contributed by atoms with van der Waals surface area (Å²) in [4.78, 5) is 0. The average molecular weight is 247 g/mol. The monoisotopic (exact) mass is 247 g/mol. The van der Waals surface area contributed by atoms with E-state index in [9.17, 15) is 5.11 Å². The topological polar surface area (TPSA) is 73.3 Å². The molecular weight excluding hydrogens is 230 g/mol. The van der Waals surface area contributed by atoms with Crippen LogP contribution in [0.3, 0.4) is 0 Å². The second-order valence-electron chi connectivity index (χ2n) is 4.30. The van der Waals surface area contributed by atoms with Gasteiger partial charge in [-0.25, -0.2) is 0 Å². The quantitative estimate of drug-likeness (QED) is 0.851. The lowest BCUT2D eigenvalue weighted by molar-refractivity contribution is 0.370. The van der Waals surface area contributed by atoms with E-state index in [1.54, 1.807) is 31.0 Å². The molecule has 0 aliphatic carbocycles. The Kier molecular flexibility index (Phi) is 2.90. The van der Waals surface area contributed by atoms with Gasteiger partial charge in [-0.15, -0.1) is 0 Å². The first-order valence-corrected chi connectivity index (χ1v) is 5.62. The van der Waals surface area contributed by atoms with Crippen molar-refractivity contribution in [3.63, 3.8) is 0 Å². The van der Waals surface area contributed by atoms with Gasteiger partial charge in [0.1, 0.15) is 5.82 Å². The predicted molar refractivity (Wildman–Crippen MR) is 70.7 cm³/mol. The first-order chi connectivity index (χ1) is 8.45. The zero-order valence-electron chi connectivity index (χ0n) is 11.0. The van der Waals surface area contributed by atoms with Crippen LogP contribution in [0.2, 0.25) is 0 Å². The van der Waals surface area contributed by atoms with Crippen LogP contribution in [0.25, 0.3) is 11.3 Å². The van der Waals surface area contributed by atoms with Crippen molar-refractivity contribution < 1.29 is 9.84 Å². The Morgan fingerprint density at radius 3 is 2.44 bits per heavy atom. The smallest absolute Gasteiger partial charge is 0.163 e. The van der Waals surface area contributed by atoms with Gasteiger partial charge in [-0.2, -0.15) is 5.10 Å². The van der Waals surface area contributed by atoms with Crippen LogP contribution in [0.5, 0.6) is 11.5 Å². The van der Waals surface area contributed by atoms with Gasteiger partial charge in [-0.3, -0.25) is 4.68 Å². The molecule has 0 saturated heterocycles. The van der Waals surface area contributed by atoms with E-state index in [2.05, 4.69) is 5.10 Å². The normalized spacial score (nSPS) is 10.7. The Bertz CT molecular complexity index is 583. The van der Waals surface area contributed by atoms with Crippen molar-refractivity contribution in [3.8, 4) is 22.8 Å². The molecule has 1 heterocycles. The summed E-state index contributed by atoms with van der Waals surface area (Å²) in [6.45, 7) is 3.88. The van der Waals surface area contributed by atoms with Gasteiger partial charge in [0, 0.05) is 18.7 Å². The number of nitrogens with zero attached hydrogens (tertiary/aromatic N) is 2. The number of rotatable bonds is 2. The maximum Gasteiger partial charge on any atom is 0.163 e.